The third-order valence-corrected chi connectivity index (χ3v) is 5.21. The second-order valence-corrected chi connectivity index (χ2v) is 7.31. The predicted octanol–water partition coefficient (Wildman–Crippen LogP) is 3.30. The third-order valence-electron chi connectivity index (χ3n) is 5.21. The summed E-state index contributed by atoms with van der Waals surface area (Å²) in [5, 5.41) is 16.5. The Labute approximate surface area is 178 Å². The van der Waals surface area contributed by atoms with E-state index in [0.29, 0.717) is 30.2 Å². The van der Waals surface area contributed by atoms with Gasteiger partial charge in [-0.3, -0.25) is 4.79 Å². The van der Waals surface area contributed by atoms with Crippen LogP contribution >= 0.6 is 0 Å². The number of benzene rings is 2. The van der Waals surface area contributed by atoms with Gasteiger partial charge in [0.05, 0.1) is 25.3 Å². The van der Waals surface area contributed by atoms with Crippen LogP contribution in [0.1, 0.15) is 5.69 Å². The maximum atomic E-state index is 12.6. The van der Waals surface area contributed by atoms with Gasteiger partial charge in [-0.2, -0.15) is 0 Å². The van der Waals surface area contributed by atoms with E-state index in [1.54, 1.807) is 0 Å². The molecule has 0 radical (unpaired) electrons. The summed E-state index contributed by atoms with van der Waals surface area (Å²) in [4.78, 5) is 14.7. The molecule has 3 heterocycles. The molecular weight excluding hydrogens is 394 g/mol. The summed E-state index contributed by atoms with van der Waals surface area (Å²) >= 11 is 0. The van der Waals surface area contributed by atoms with Crippen molar-refractivity contribution in [3.63, 3.8) is 0 Å². The number of amides is 1. The number of morpholine rings is 1. The van der Waals surface area contributed by atoms with Crippen molar-refractivity contribution in [3.8, 4) is 11.3 Å². The number of para-hydroxylation sites is 1. The number of hydrogen-bond donors (Lipinski definition) is 1. The van der Waals surface area contributed by atoms with Crippen molar-refractivity contribution >= 4 is 28.4 Å². The SMILES string of the molecule is O=C(Cc1noc2ccccc12)Nc1cccc(-c2ccc(N3CCOCC3)nn2)c1. The summed E-state index contributed by atoms with van der Waals surface area (Å²) in [6.07, 6.45) is 0.134. The normalized spacial score (nSPS) is 14.0. The van der Waals surface area contributed by atoms with Crippen molar-refractivity contribution < 1.29 is 14.1 Å². The van der Waals surface area contributed by atoms with Crippen molar-refractivity contribution in [2.45, 2.75) is 6.42 Å². The first-order valence-electron chi connectivity index (χ1n) is 10.2. The van der Waals surface area contributed by atoms with E-state index in [1.807, 2.05) is 60.7 Å². The van der Waals surface area contributed by atoms with E-state index >= 15 is 0 Å². The maximum absolute atomic E-state index is 12.6. The van der Waals surface area contributed by atoms with Crippen LogP contribution in [-0.2, 0) is 16.0 Å². The van der Waals surface area contributed by atoms with Crippen LogP contribution < -0.4 is 10.2 Å². The molecule has 8 nitrogen and oxygen atoms in total. The molecule has 0 atom stereocenters. The summed E-state index contributed by atoms with van der Waals surface area (Å²) < 4.78 is 10.7. The van der Waals surface area contributed by atoms with Crippen LogP contribution in [0.3, 0.4) is 0 Å². The molecule has 0 saturated carbocycles. The van der Waals surface area contributed by atoms with Gasteiger partial charge in [-0.05, 0) is 36.4 Å². The number of nitrogens with one attached hydrogen (secondary N) is 1. The number of carbonyl (C=O) groups is 1. The summed E-state index contributed by atoms with van der Waals surface area (Å²) in [6.45, 7) is 3.04. The Balaban J connectivity index is 1.28. The standard InChI is InChI=1S/C23H21N5O3/c29-23(15-20-18-6-1-2-7-21(18)31-27-20)24-17-5-3-4-16(14-17)19-8-9-22(26-25-19)28-10-12-30-13-11-28/h1-9,14H,10-13,15H2,(H,24,29). The van der Waals surface area contributed by atoms with Gasteiger partial charge in [0.15, 0.2) is 11.4 Å². The molecule has 1 aliphatic rings. The van der Waals surface area contributed by atoms with Gasteiger partial charge >= 0.3 is 0 Å². The van der Waals surface area contributed by atoms with Crippen LogP contribution in [0.15, 0.2) is 65.2 Å². The van der Waals surface area contributed by atoms with E-state index in [-0.39, 0.29) is 12.3 Å². The molecule has 31 heavy (non-hydrogen) atoms. The van der Waals surface area contributed by atoms with Crippen molar-refractivity contribution in [2.24, 2.45) is 0 Å². The van der Waals surface area contributed by atoms with Crippen LogP contribution in [0.2, 0.25) is 0 Å². The highest BCUT2D eigenvalue weighted by molar-refractivity contribution is 5.95. The molecule has 1 saturated heterocycles. The van der Waals surface area contributed by atoms with Crippen LogP contribution in [0.4, 0.5) is 11.5 Å². The van der Waals surface area contributed by atoms with E-state index in [1.165, 1.54) is 0 Å². The Morgan fingerprint density at radius 3 is 2.71 bits per heavy atom. The number of fused-ring (bicyclic) bond motifs is 1. The number of hydrogen-bond acceptors (Lipinski definition) is 7. The van der Waals surface area contributed by atoms with Gasteiger partial charge in [-0.15, -0.1) is 10.2 Å². The molecule has 156 valence electrons. The molecule has 1 amide bonds. The van der Waals surface area contributed by atoms with Crippen LogP contribution in [0.25, 0.3) is 22.2 Å². The van der Waals surface area contributed by atoms with E-state index in [4.69, 9.17) is 9.26 Å². The number of nitrogens with zero attached hydrogens (tertiary/aromatic N) is 4. The van der Waals surface area contributed by atoms with Crippen molar-refractivity contribution in [2.75, 3.05) is 36.5 Å². The van der Waals surface area contributed by atoms with Gasteiger partial charge in [-0.1, -0.05) is 29.4 Å². The van der Waals surface area contributed by atoms with Gasteiger partial charge in [0, 0.05) is 29.7 Å². The molecule has 1 aliphatic heterocycles. The Bertz CT molecular complexity index is 1200. The van der Waals surface area contributed by atoms with Gasteiger partial charge in [-0.25, -0.2) is 0 Å². The summed E-state index contributed by atoms with van der Waals surface area (Å²) in [5.41, 5.74) is 3.61. The number of ether oxygens (including phenoxy) is 1. The monoisotopic (exact) mass is 415 g/mol. The molecule has 0 bridgehead atoms. The number of rotatable bonds is 5. The van der Waals surface area contributed by atoms with E-state index < -0.39 is 0 Å². The minimum absolute atomic E-state index is 0.134. The molecule has 0 aliphatic carbocycles. The quantitative estimate of drug-likeness (QED) is 0.534. The first-order chi connectivity index (χ1) is 15.3. The lowest BCUT2D eigenvalue weighted by molar-refractivity contribution is -0.115. The van der Waals surface area contributed by atoms with Gasteiger partial charge < -0.3 is 19.5 Å². The molecule has 1 N–H and O–H groups in total. The van der Waals surface area contributed by atoms with Crippen molar-refractivity contribution in [1.29, 1.82) is 0 Å². The molecular formula is C23H21N5O3. The molecule has 0 unspecified atom stereocenters. The zero-order valence-electron chi connectivity index (χ0n) is 16.8. The molecule has 0 spiro atoms. The second kappa shape index (κ2) is 8.53. The number of aromatic nitrogens is 3. The zero-order valence-corrected chi connectivity index (χ0v) is 16.8. The van der Waals surface area contributed by atoms with E-state index in [2.05, 4.69) is 25.6 Å². The Hall–Kier alpha value is -3.78. The predicted molar refractivity (Wildman–Crippen MR) is 117 cm³/mol. The molecule has 1 fully saturated rings. The highest BCUT2D eigenvalue weighted by Gasteiger charge is 2.14. The Morgan fingerprint density at radius 2 is 1.87 bits per heavy atom. The van der Waals surface area contributed by atoms with Crippen LogP contribution in [0, 0.1) is 0 Å². The van der Waals surface area contributed by atoms with E-state index in [9.17, 15) is 4.79 Å². The molecule has 5 rings (SSSR count). The third kappa shape index (κ3) is 4.24. The second-order valence-electron chi connectivity index (χ2n) is 7.31. The van der Waals surface area contributed by atoms with Crippen molar-refractivity contribution in [1.82, 2.24) is 15.4 Å². The fraction of sp³-hybridized carbons (Fsp3) is 0.217. The Morgan fingerprint density at radius 1 is 1.00 bits per heavy atom. The fourth-order valence-corrected chi connectivity index (χ4v) is 3.62. The largest absolute Gasteiger partial charge is 0.378 e. The first kappa shape index (κ1) is 19.2. The summed E-state index contributed by atoms with van der Waals surface area (Å²) in [6, 6.07) is 19.0. The average molecular weight is 415 g/mol. The van der Waals surface area contributed by atoms with Crippen LogP contribution in [0.5, 0.6) is 0 Å². The average Bonchev–Trinajstić information content (AvgIpc) is 3.23. The number of anilines is 2. The minimum atomic E-state index is -0.162. The molecule has 2 aromatic carbocycles. The molecule has 8 heteroatoms. The summed E-state index contributed by atoms with van der Waals surface area (Å²) in [5.74, 6) is 0.682. The topological polar surface area (TPSA) is 93.4 Å². The highest BCUT2D eigenvalue weighted by atomic mass is 16.5. The van der Waals surface area contributed by atoms with Crippen LogP contribution in [-0.4, -0.2) is 47.6 Å². The lowest BCUT2D eigenvalue weighted by Crippen LogP contribution is -2.36. The van der Waals surface area contributed by atoms with Crippen molar-refractivity contribution in [3.05, 3.63) is 66.4 Å². The molecule has 2 aromatic heterocycles. The smallest absolute Gasteiger partial charge is 0.230 e. The van der Waals surface area contributed by atoms with Gasteiger partial charge in [0.1, 0.15) is 5.69 Å². The van der Waals surface area contributed by atoms with E-state index in [0.717, 1.165) is 35.6 Å². The number of carbonyl (C=O) groups excluding carboxylic acids is 1. The summed E-state index contributed by atoms with van der Waals surface area (Å²) in [7, 11) is 0. The fourth-order valence-electron chi connectivity index (χ4n) is 3.62. The lowest BCUT2D eigenvalue weighted by atomic mass is 10.1. The lowest BCUT2D eigenvalue weighted by Gasteiger charge is -2.27. The maximum Gasteiger partial charge on any atom is 0.230 e. The molecule has 4 aromatic rings. The van der Waals surface area contributed by atoms with Gasteiger partial charge in [0.2, 0.25) is 5.91 Å². The minimum Gasteiger partial charge on any atom is -0.378 e. The zero-order chi connectivity index (χ0) is 21.0. The first-order valence-corrected chi connectivity index (χ1v) is 10.2. The highest BCUT2D eigenvalue weighted by Crippen LogP contribution is 2.23. The Kier molecular flexibility index (Phi) is 5.28. The van der Waals surface area contributed by atoms with Gasteiger partial charge in [0.25, 0.3) is 0 Å².